The molecule has 0 saturated carbocycles. The smallest absolute Gasteiger partial charge is 0.174 e. The molecule has 2 heterocycles. The van der Waals surface area contributed by atoms with Gasteiger partial charge >= 0.3 is 0 Å². The summed E-state index contributed by atoms with van der Waals surface area (Å²) in [5.74, 6) is 1.61. The Morgan fingerprint density at radius 1 is 0.800 bits per heavy atom. The molecule has 0 fully saturated rings. The number of aromatic nitrogens is 2. The van der Waals surface area contributed by atoms with Gasteiger partial charge < -0.3 is 43.4 Å². The molecule has 0 aliphatic carbocycles. The number of hydrogen-bond acceptors (Lipinski definition) is 2. The molecule has 3 rings (SSSR count). The molecule has 0 spiro atoms. The molecule has 0 saturated heterocycles. The van der Waals surface area contributed by atoms with Gasteiger partial charge in [-0.25, -0.2) is 9.55 Å². The lowest BCUT2D eigenvalue weighted by atomic mass is 10.1. The number of nitrogens with zero attached hydrogens (tertiary/aromatic N) is 1. The highest BCUT2D eigenvalue weighted by Gasteiger charge is 2.08. The van der Waals surface area contributed by atoms with Gasteiger partial charge in [0, 0.05) is 35.9 Å². The number of halogens is 2. The van der Waals surface area contributed by atoms with Crippen molar-refractivity contribution in [3.05, 3.63) is 72.8 Å². The van der Waals surface area contributed by atoms with Crippen molar-refractivity contribution in [2.24, 2.45) is 0 Å². The minimum atomic E-state index is 0. The third-order valence-electron chi connectivity index (χ3n) is 3.72. The predicted octanol–water partition coefficient (Wildman–Crippen LogP) is -3.47. The third-order valence-corrected chi connectivity index (χ3v) is 3.72. The molecule has 4 nitrogen and oxygen atoms in total. The lowest BCUT2D eigenvalue weighted by molar-refractivity contribution is -0.688. The van der Waals surface area contributed by atoms with Gasteiger partial charge in [-0.1, -0.05) is 0 Å². The standard InChI is InChI=1S/C19H19N2O2.2BrH/c1-22-18-11-15(12-19(13-18)23-2)14-21-9-5-17(6-10-21)16-3-7-20-8-4-16;;/h3-13H,14H2,1-2H3;2*1H/q+1;;/p-1. The number of aromatic amines is 1. The lowest BCUT2D eigenvalue weighted by Crippen LogP contribution is -3.00. The lowest BCUT2D eigenvalue weighted by Gasteiger charge is -2.07. The summed E-state index contributed by atoms with van der Waals surface area (Å²) in [5, 5.41) is 0. The summed E-state index contributed by atoms with van der Waals surface area (Å²) in [6.07, 6.45) is 8.02. The topological polar surface area (TPSA) is 36.5 Å². The quantitative estimate of drug-likeness (QED) is 0.365. The summed E-state index contributed by atoms with van der Waals surface area (Å²) in [6, 6.07) is 14.3. The van der Waals surface area contributed by atoms with Crippen LogP contribution in [-0.2, 0) is 6.54 Å². The first-order chi connectivity index (χ1) is 11.3. The molecule has 0 amide bonds. The molecule has 6 heteroatoms. The maximum atomic E-state index is 5.32. The molecule has 132 valence electrons. The van der Waals surface area contributed by atoms with Crippen LogP contribution in [-0.4, -0.2) is 14.2 Å². The van der Waals surface area contributed by atoms with E-state index in [1.807, 2.05) is 30.6 Å². The number of hydrogen-bond donors (Lipinski definition) is 0. The van der Waals surface area contributed by atoms with Crippen LogP contribution in [0.25, 0.3) is 11.1 Å². The highest BCUT2D eigenvalue weighted by atomic mass is 79.9. The van der Waals surface area contributed by atoms with Gasteiger partial charge in [0.15, 0.2) is 31.3 Å². The van der Waals surface area contributed by atoms with E-state index in [2.05, 4.69) is 46.2 Å². The SMILES string of the molecule is COc1cc(C[n+]2ccc(-c3cc[nH+]cc3)cc2)cc(OC)c1.[Br-].[Br-]. The van der Waals surface area contributed by atoms with E-state index < -0.39 is 0 Å². The molecule has 2 aromatic heterocycles. The maximum Gasteiger partial charge on any atom is 0.174 e. The fraction of sp³-hybridized carbons (Fsp3) is 0.158. The highest BCUT2D eigenvalue weighted by molar-refractivity contribution is 5.60. The summed E-state index contributed by atoms with van der Waals surface area (Å²) >= 11 is 0. The van der Waals surface area contributed by atoms with E-state index >= 15 is 0 Å². The summed E-state index contributed by atoms with van der Waals surface area (Å²) in [4.78, 5) is 3.04. The van der Waals surface area contributed by atoms with Crippen LogP contribution in [0.2, 0.25) is 0 Å². The molecule has 0 unspecified atom stereocenters. The number of ether oxygens (including phenoxy) is 2. The van der Waals surface area contributed by atoms with Crippen LogP contribution < -0.4 is 53.0 Å². The third kappa shape index (κ3) is 5.54. The monoisotopic (exact) mass is 466 g/mol. The Balaban J connectivity index is 0.00000156. The van der Waals surface area contributed by atoms with Crippen molar-refractivity contribution in [1.29, 1.82) is 0 Å². The summed E-state index contributed by atoms with van der Waals surface area (Å²) < 4.78 is 12.8. The largest absolute Gasteiger partial charge is 1.00 e. The Labute approximate surface area is 169 Å². The van der Waals surface area contributed by atoms with Crippen molar-refractivity contribution in [2.75, 3.05) is 14.2 Å². The number of pyridine rings is 2. The molecule has 0 radical (unpaired) electrons. The van der Waals surface area contributed by atoms with Gasteiger partial charge in [-0.05, 0) is 23.3 Å². The molecular weight excluding hydrogens is 448 g/mol. The van der Waals surface area contributed by atoms with Crippen LogP contribution in [0, 0.1) is 0 Å². The first-order valence-electron chi connectivity index (χ1n) is 7.46. The van der Waals surface area contributed by atoms with Crippen LogP contribution in [0.1, 0.15) is 5.56 Å². The van der Waals surface area contributed by atoms with E-state index in [0.29, 0.717) is 0 Å². The summed E-state index contributed by atoms with van der Waals surface area (Å²) in [5.41, 5.74) is 3.52. The Morgan fingerprint density at radius 2 is 1.32 bits per heavy atom. The number of benzene rings is 1. The van der Waals surface area contributed by atoms with E-state index in [9.17, 15) is 0 Å². The molecular formula is C19H20Br2N2O2. The molecule has 3 aromatic rings. The Morgan fingerprint density at radius 3 is 1.84 bits per heavy atom. The van der Waals surface area contributed by atoms with Gasteiger partial charge in [-0.3, -0.25) is 0 Å². The average Bonchev–Trinajstić information content (AvgIpc) is 2.62. The van der Waals surface area contributed by atoms with E-state index in [0.717, 1.165) is 23.6 Å². The maximum absolute atomic E-state index is 5.32. The predicted molar refractivity (Wildman–Crippen MR) is 87.3 cm³/mol. The van der Waals surface area contributed by atoms with E-state index in [4.69, 9.17) is 9.47 Å². The van der Waals surface area contributed by atoms with Gasteiger partial charge in [-0.15, -0.1) is 0 Å². The zero-order valence-corrected chi connectivity index (χ0v) is 17.2. The normalized spacial score (nSPS) is 9.52. The fourth-order valence-electron chi connectivity index (χ4n) is 2.50. The van der Waals surface area contributed by atoms with Crippen LogP contribution in [0.3, 0.4) is 0 Å². The van der Waals surface area contributed by atoms with Crippen molar-refractivity contribution < 1.29 is 53.0 Å². The van der Waals surface area contributed by atoms with Gasteiger partial charge in [0.25, 0.3) is 0 Å². The second-order valence-corrected chi connectivity index (χ2v) is 5.27. The van der Waals surface area contributed by atoms with Crippen molar-refractivity contribution >= 4 is 0 Å². The van der Waals surface area contributed by atoms with Crippen molar-refractivity contribution in [2.45, 2.75) is 6.54 Å². The highest BCUT2D eigenvalue weighted by Crippen LogP contribution is 2.22. The van der Waals surface area contributed by atoms with Crippen molar-refractivity contribution in [3.63, 3.8) is 0 Å². The number of H-pyrrole nitrogens is 1. The number of methoxy groups -OCH3 is 2. The summed E-state index contributed by atoms with van der Waals surface area (Å²) in [6.45, 7) is 0.760. The van der Waals surface area contributed by atoms with E-state index in [1.165, 1.54) is 11.1 Å². The Kier molecular flexibility index (Phi) is 8.58. The average molecular weight is 468 g/mol. The summed E-state index contributed by atoms with van der Waals surface area (Å²) in [7, 11) is 3.33. The second kappa shape index (κ2) is 10.2. The number of nitrogens with one attached hydrogen (secondary N) is 1. The van der Waals surface area contributed by atoms with Crippen molar-refractivity contribution in [1.82, 2.24) is 0 Å². The van der Waals surface area contributed by atoms with E-state index in [-0.39, 0.29) is 34.0 Å². The first-order valence-corrected chi connectivity index (χ1v) is 7.46. The van der Waals surface area contributed by atoms with Crippen molar-refractivity contribution in [3.8, 4) is 22.6 Å². The molecule has 0 aliphatic rings. The molecule has 0 atom stereocenters. The molecule has 1 N–H and O–H groups in total. The molecule has 0 bridgehead atoms. The Hall–Kier alpha value is -1.92. The fourth-order valence-corrected chi connectivity index (χ4v) is 2.50. The second-order valence-electron chi connectivity index (χ2n) is 5.27. The van der Waals surface area contributed by atoms with Crippen LogP contribution in [0.4, 0.5) is 0 Å². The van der Waals surface area contributed by atoms with Crippen LogP contribution in [0.15, 0.2) is 67.3 Å². The van der Waals surface area contributed by atoms with Gasteiger partial charge in [0.05, 0.1) is 14.2 Å². The minimum absolute atomic E-state index is 0. The van der Waals surface area contributed by atoms with Gasteiger partial charge in [-0.2, -0.15) is 0 Å². The van der Waals surface area contributed by atoms with Crippen LogP contribution >= 0.6 is 0 Å². The van der Waals surface area contributed by atoms with E-state index in [1.54, 1.807) is 14.2 Å². The van der Waals surface area contributed by atoms with Crippen LogP contribution in [0.5, 0.6) is 11.5 Å². The van der Waals surface area contributed by atoms with Gasteiger partial charge in [0.1, 0.15) is 11.5 Å². The minimum Gasteiger partial charge on any atom is -1.00 e. The van der Waals surface area contributed by atoms with Gasteiger partial charge in [0.2, 0.25) is 0 Å². The number of rotatable bonds is 5. The molecule has 25 heavy (non-hydrogen) atoms. The zero-order chi connectivity index (χ0) is 16.1. The first kappa shape index (κ1) is 21.1. The molecule has 1 aromatic carbocycles. The Bertz CT molecular complexity index is 759. The zero-order valence-electron chi connectivity index (χ0n) is 14.1. The molecule has 0 aliphatic heterocycles.